The predicted molar refractivity (Wildman–Crippen MR) is 59.8 cm³/mol. The fourth-order valence-corrected chi connectivity index (χ4v) is 2.73. The number of alkyl halides is 2. The minimum atomic E-state index is -3.85. The number of hydrogen-bond donors (Lipinski definition) is 2. The highest BCUT2D eigenvalue weighted by Gasteiger charge is 2.19. The van der Waals surface area contributed by atoms with Gasteiger partial charge in [0.2, 0.25) is 10.0 Å². The lowest BCUT2D eigenvalue weighted by molar-refractivity contribution is 0.153. The molecule has 1 heterocycles. The van der Waals surface area contributed by atoms with Crippen molar-refractivity contribution in [2.75, 3.05) is 18.4 Å². The van der Waals surface area contributed by atoms with Crippen LogP contribution in [0.15, 0.2) is 23.1 Å². The van der Waals surface area contributed by atoms with Crippen molar-refractivity contribution in [1.29, 1.82) is 0 Å². The van der Waals surface area contributed by atoms with Crippen LogP contribution in [0.4, 0.5) is 14.5 Å². The molecule has 0 saturated heterocycles. The molecule has 2 N–H and O–H groups in total. The highest BCUT2D eigenvalue weighted by molar-refractivity contribution is 7.89. The van der Waals surface area contributed by atoms with Gasteiger partial charge >= 0.3 is 0 Å². The lowest BCUT2D eigenvalue weighted by atomic mass is 10.2. The lowest BCUT2D eigenvalue weighted by Crippen LogP contribution is -2.28. The van der Waals surface area contributed by atoms with E-state index >= 15 is 0 Å². The molecule has 1 aliphatic rings. The molecule has 0 fully saturated rings. The lowest BCUT2D eigenvalue weighted by Gasteiger charge is -2.08. The second-order valence-electron chi connectivity index (χ2n) is 3.74. The van der Waals surface area contributed by atoms with Crippen LogP contribution in [0.3, 0.4) is 0 Å². The Balaban J connectivity index is 2.22. The van der Waals surface area contributed by atoms with Crippen LogP contribution >= 0.6 is 0 Å². The summed E-state index contributed by atoms with van der Waals surface area (Å²) in [7, 11) is -3.85. The third-order valence-corrected chi connectivity index (χ3v) is 3.95. The van der Waals surface area contributed by atoms with Gasteiger partial charge in [0.25, 0.3) is 6.43 Å². The average molecular weight is 262 g/mol. The first-order chi connectivity index (χ1) is 7.99. The molecule has 0 unspecified atom stereocenters. The third-order valence-electron chi connectivity index (χ3n) is 2.53. The molecule has 1 aromatic rings. The predicted octanol–water partition coefficient (Wildman–Crippen LogP) is 1.20. The second-order valence-corrected chi connectivity index (χ2v) is 5.51. The molecule has 1 aliphatic heterocycles. The minimum absolute atomic E-state index is 0.00583. The highest BCUT2D eigenvalue weighted by Crippen LogP contribution is 2.25. The van der Waals surface area contributed by atoms with Gasteiger partial charge in [-0.25, -0.2) is 21.9 Å². The SMILES string of the molecule is O=S(=O)(NCC(F)F)c1ccc2c(c1)NCC2. The number of sulfonamides is 1. The normalized spacial score (nSPS) is 14.8. The van der Waals surface area contributed by atoms with E-state index in [1.165, 1.54) is 12.1 Å². The Hall–Kier alpha value is -1.21. The summed E-state index contributed by atoms with van der Waals surface area (Å²) in [6.07, 6.45) is -1.85. The summed E-state index contributed by atoms with van der Waals surface area (Å²) in [5, 5.41) is 3.04. The molecule has 0 radical (unpaired) electrons. The van der Waals surface area contributed by atoms with E-state index in [0.717, 1.165) is 24.2 Å². The molecule has 0 aliphatic carbocycles. The van der Waals surface area contributed by atoms with Gasteiger partial charge in [-0.05, 0) is 24.1 Å². The van der Waals surface area contributed by atoms with Gasteiger partial charge in [-0.2, -0.15) is 0 Å². The summed E-state index contributed by atoms with van der Waals surface area (Å²) in [6, 6.07) is 4.60. The smallest absolute Gasteiger partial charge is 0.251 e. The highest BCUT2D eigenvalue weighted by atomic mass is 32.2. The van der Waals surface area contributed by atoms with Crippen molar-refractivity contribution >= 4 is 15.7 Å². The van der Waals surface area contributed by atoms with Crippen molar-refractivity contribution in [2.45, 2.75) is 17.7 Å². The average Bonchev–Trinajstić information content (AvgIpc) is 2.73. The standard InChI is InChI=1S/C10H12F2N2O2S/c11-10(12)6-14-17(15,16)8-2-1-7-3-4-13-9(7)5-8/h1-2,5,10,13-14H,3-4,6H2. The summed E-state index contributed by atoms with van der Waals surface area (Å²) < 4.78 is 49.1. The van der Waals surface area contributed by atoms with Gasteiger partial charge in [0.15, 0.2) is 0 Å². The second kappa shape index (κ2) is 4.58. The molecular weight excluding hydrogens is 250 g/mol. The molecule has 17 heavy (non-hydrogen) atoms. The first-order valence-corrected chi connectivity index (χ1v) is 6.62. The molecule has 2 rings (SSSR count). The summed E-state index contributed by atoms with van der Waals surface area (Å²) in [4.78, 5) is 0.00583. The van der Waals surface area contributed by atoms with Crippen LogP contribution in [0.5, 0.6) is 0 Å². The molecule has 0 spiro atoms. The largest absolute Gasteiger partial charge is 0.384 e. The van der Waals surface area contributed by atoms with Crippen molar-refractivity contribution in [2.24, 2.45) is 0 Å². The Bertz CT molecular complexity index is 517. The van der Waals surface area contributed by atoms with Crippen molar-refractivity contribution in [3.63, 3.8) is 0 Å². The number of halogens is 2. The molecule has 0 aromatic heterocycles. The maximum atomic E-state index is 12.0. The molecule has 4 nitrogen and oxygen atoms in total. The molecule has 0 bridgehead atoms. The molecule has 0 atom stereocenters. The van der Waals surface area contributed by atoms with Crippen molar-refractivity contribution < 1.29 is 17.2 Å². The van der Waals surface area contributed by atoms with E-state index in [4.69, 9.17) is 0 Å². The fraction of sp³-hybridized carbons (Fsp3) is 0.400. The van der Waals surface area contributed by atoms with Gasteiger partial charge in [0, 0.05) is 12.2 Å². The molecule has 7 heteroatoms. The molecular formula is C10H12F2N2O2S. The van der Waals surface area contributed by atoms with Gasteiger partial charge in [-0.3, -0.25) is 0 Å². The number of nitrogens with one attached hydrogen (secondary N) is 2. The zero-order chi connectivity index (χ0) is 12.5. The summed E-state index contributed by atoms with van der Waals surface area (Å²) in [6.45, 7) is -0.101. The maximum absolute atomic E-state index is 12.0. The topological polar surface area (TPSA) is 58.2 Å². The first-order valence-electron chi connectivity index (χ1n) is 5.13. The van der Waals surface area contributed by atoms with Crippen LogP contribution in [0.25, 0.3) is 0 Å². The van der Waals surface area contributed by atoms with Gasteiger partial charge in [-0.1, -0.05) is 6.07 Å². The molecule has 1 aromatic carbocycles. The Kier molecular flexibility index (Phi) is 3.30. The van der Waals surface area contributed by atoms with Crippen molar-refractivity contribution in [3.05, 3.63) is 23.8 Å². The van der Waals surface area contributed by atoms with Crippen LogP contribution in [0.1, 0.15) is 5.56 Å². The van der Waals surface area contributed by atoms with Gasteiger partial charge in [-0.15, -0.1) is 0 Å². The van der Waals surface area contributed by atoms with Crippen LogP contribution < -0.4 is 10.0 Å². The van der Waals surface area contributed by atoms with Crippen LogP contribution in [0, 0.1) is 0 Å². The van der Waals surface area contributed by atoms with E-state index in [1.807, 2.05) is 4.72 Å². The Morgan fingerprint density at radius 3 is 2.88 bits per heavy atom. The summed E-state index contributed by atoms with van der Waals surface area (Å²) in [5.74, 6) is 0. The zero-order valence-corrected chi connectivity index (χ0v) is 9.73. The monoisotopic (exact) mass is 262 g/mol. The Morgan fingerprint density at radius 2 is 2.18 bits per heavy atom. The maximum Gasteiger partial charge on any atom is 0.251 e. The number of anilines is 1. The number of benzene rings is 1. The fourth-order valence-electron chi connectivity index (χ4n) is 1.69. The van der Waals surface area contributed by atoms with Crippen molar-refractivity contribution in [1.82, 2.24) is 4.72 Å². The number of rotatable bonds is 4. The van der Waals surface area contributed by atoms with E-state index in [1.54, 1.807) is 6.07 Å². The molecule has 0 amide bonds. The van der Waals surface area contributed by atoms with Gasteiger partial charge in [0.05, 0.1) is 11.4 Å². The van der Waals surface area contributed by atoms with Crippen LogP contribution in [-0.4, -0.2) is 27.9 Å². The molecule has 0 saturated carbocycles. The molecule has 94 valence electrons. The Labute approximate surface area is 98.1 Å². The minimum Gasteiger partial charge on any atom is -0.384 e. The quantitative estimate of drug-likeness (QED) is 0.857. The Morgan fingerprint density at radius 1 is 1.41 bits per heavy atom. The van der Waals surface area contributed by atoms with E-state index in [2.05, 4.69) is 5.32 Å². The van der Waals surface area contributed by atoms with E-state index in [0.29, 0.717) is 0 Å². The zero-order valence-electron chi connectivity index (χ0n) is 8.91. The first kappa shape index (κ1) is 12.3. The summed E-state index contributed by atoms with van der Waals surface area (Å²) >= 11 is 0. The summed E-state index contributed by atoms with van der Waals surface area (Å²) in [5.41, 5.74) is 1.79. The number of fused-ring (bicyclic) bond motifs is 1. The van der Waals surface area contributed by atoms with Crippen LogP contribution in [-0.2, 0) is 16.4 Å². The van der Waals surface area contributed by atoms with Crippen LogP contribution in [0.2, 0.25) is 0 Å². The van der Waals surface area contributed by atoms with Gasteiger partial charge < -0.3 is 5.32 Å². The third kappa shape index (κ3) is 2.73. The van der Waals surface area contributed by atoms with Gasteiger partial charge in [0.1, 0.15) is 0 Å². The van der Waals surface area contributed by atoms with Crippen molar-refractivity contribution in [3.8, 4) is 0 Å². The van der Waals surface area contributed by atoms with E-state index < -0.39 is 23.0 Å². The van der Waals surface area contributed by atoms with E-state index in [9.17, 15) is 17.2 Å². The number of hydrogen-bond acceptors (Lipinski definition) is 3. The van der Waals surface area contributed by atoms with E-state index in [-0.39, 0.29) is 4.90 Å².